The number of nitrogens with zero attached hydrogens (tertiary/aromatic N) is 5. The summed E-state index contributed by atoms with van der Waals surface area (Å²) in [6.07, 6.45) is 0. The van der Waals surface area contributed by atoms with Crippen molar-refractivity contribution in [3.8, 4) is 0 Å². The summed E-state index contributed by atoms with van der Waals surface area (Å²) in [6.45, 7) is 14.1. The second kappa shape index (κ2) is 10.8. The van der Waals surface area contributed by atoms with Gasteiger partial charge in [-0.05, 0) is 45.4 Å². The minimum absolute atomic E-state index is 0.0220. The maximum atomic E-state index is 12.8. The number of thioether (sulfide) groups is 1. The molecule has 0 saturated carbocycles. The van der Waals surface area contributed by atoms with E-state index in [4.69, 9.17) is 4.98 Å². The molecular weight excluding hydrogens is 422 g/mol. The highest BCUT2D eigenvalue weighted by molar-refractivity contribution is 7.98. The fourth-order valence-electron chi connectivity index (χ4n) is 3.78. The van der Waals surface area contributed by atoms with E-state index in [9.17, 15) is 9.59 Å². The molecule has 1 fully saturated rings. The van der Waals surface area contributed by atoms with Crippen molar-refractivity contribution >= 4 is 29.4 Å². The van der Waals surface area contributed by atoms with Crippen molar-refractivity contribution in [2.24, 2.45) is 0 Å². The largest absolute Gasteiger partial charge is 0.357 e. The first-order valence-electron chi connectivity index (χ1n) is 11.2. The van der Waals surface area contributed by atoms with Crippen LogP contribution in [0.5, 0.6) is 0 Å². The fourth-order valence-corrected chi connectivity index (χ4v) is 4.62. The van der Waals surface area contributed by atoms with Crippen LogP contribution in [0.4, 0.5) is 5.82 Å². The molecule has 1 aliphatic rings. The zero-order chi connectivity index (χ0) is 23.3. The Hall–Kier alpha value is -2.61. The van der Waals surface area contributed by atoms with Gasteiger partial charge in [-0.3, -0.25) is 9.59 Å². The van der Waals surface area contributed by atoms with Crippen LogP contribution in [0.3, 0.4) is 0 Å². The third kappa shape index (κ3) is 5.59. The fraction of sp³-hybridized carbons (Fsp3) is 0.500. The summed E-state index contributed by atoms with van der Waals surface area (Å²) in [4.78, 5) is 39.6. The molecule has 2 heterocycles. The Balaban J connectivity index is 1.62. The van der Waals surface area contributed by atoms with Crippen molar-refractivity contribution in [2.75, 3.05) is 44.2 Å². The lowest BCUT2D eigenvalue weighted by Crippen LogP contribution is -2.50. The molecule has 3 rings (SSSR count). The van der Waals surface area contributed by atoms with E-state index in [0.29, 0.717) is 31.7 Å². The number of hydrogen-bond acceptors (Lipinski definition) is 6. The van der Waals surface area contributed by atoms with E-state index in [-0.39, 0.29) is 11.8 Å². The number of carbonyl (C=O) groups excluding carboxylic acids is 2. The van der Waals surface area contributed by atoms with Crippen LogP contribution in [0.1, 0.15) is 48.0 Å². The predicted molar refractivity (Wildman–Crippen MR) is 129 cm³/mol. The average molecular weight is 456 g/mol. The molecule has 172 valence electrons. The van der Waals surface area contributed by atoms with Crippen LogP contribution in [-0.2, 0) is 10.5 Å². The number of aryl methyl sites for hydroxylation is 1. The Labute approximate surface area is 195 Å². The smallest absolute Gasteiger partial charge is 0.253 e. The Morgan fingerprint density at radius 3 is 2.12 bits per heavy atom. The molecule has 0 aliphatic carbocycles. The molecule has 2 amide bonds. The molecule has 1 aliphatic heterocycles. The van der Waals surface area contributed by atoms with E-state index in [1.807, 2.05) is 36.1 Å². The molecule has 1 aromatic heterocycles. The number of anilines is 1. The molecule has 8 heteroatoms. The molecule has 0 spiro atoms. The second-order valence-corrected chi connectivity index (χ2v) is 8.94. The zero-order valence-electron chi connectivity index (χ0n) is 19.7. The summed E-state index contributed by atoms with van der Waals surface area (Å²) in [7, 11) is 0. The third-order valence-electron chi connectivity index (χ3n) is 5.99. The Morgan fingerprint density at radius 2 is 1.56 bits per heavy atom. The van der Waals surface area contributed by atoms with E-state index in [2.05, 4.69) is 30.7 Å². The van der Waals surface area contributed by atoms with Crippen molar-refractivity contribution in [3.63, 3.8) is 0 Å². The van der Waals surface area contributed by atoms with Gasteiger partial charge in [-0.25, -0.2) is 9.97 Å². The monoisotopic (exact) mass is 455 g/mol. The van der Waals surface area contributed by atoms with E-state index in [1.54, 1.807) is 23.6 Å². The third-order valence-corrected chi connectivity index (χ3v) is 6.91. The highest BCUT2D eigenvalue weighted by Crippen LogP contribution is 2.26. The number of aromatic nitrogens is 2. The number of rotatable bonds is 7. The van der Waals surface area contributed by atoms with Crippen LogP contribution in [0, 0.1) is 13.8 Å². The lowest BCUT2D eigenvalue weighted by molar-refractivity contribution is -0.130. The van der Waals surface area contributed by atoms with Crippen LogP contribution >= 0.6 is 11.8 Å². The summed E-state index contributed by atoms with van der Waals surface area (Å²) in [5, 5.41) is 0.776. The first kappa shape index (κ1) is 24.0. The van der Waals surface area contributed by atoms with Crippen LogP contribution in [0.2, 0.25) is 0 Å². The average Bonchev–Trinajstić information content (AvgIpc) is 2.81. The lowest BCUT2D eigenvalue weighted by atomic mass is 10.1. The maximum absolute atomic E-state index is 12.8. The molecule has 7 nitrogen and oxygen atoms in total. The standard InChI is InChI=1S/C24H33N5O2S/c1-6-27(7-2)22-17(3)18(4)25-24(26-22)32-16-20-8-10-21(11-9-20)23(31)29-14-12-28(13-15-29)19(5)30/h8-11H,6-7,12-16H2,1-5H3. The van der Waals surface area contributed by atoms with Crippen LogP contribution in [0.15, 0.2) is 29.4 Å². The van der Waals surface area contributed by atoms with E-state index in [1.165, 1.54) is 0 Å². The molecule has 0 atom stereocenters. The molecule has 1 saturated heterocycles. The molecule has 32 heavy (non-hydrogen) atoms. The van der Waals surface area contributed by atoms with Crippen molar-refractivity contribution in [2.45, 2.75) is 45.5 Å². The molecule has 0 bridgehead atoms. The van der Waals surface area contributed by atoms with Gasteiger partial charge in [-0.2, -0.15) is 0 Å². The lowest BCUT2D eigenvalue weighted by Gasteiger charge is -2.34. The first-order chi connectivity index (χ1) is 15.3. The predicted octanol–water partition coefficient (Wildman–Crippen LogP) is 3.54. The number of piperazine rings is 1. The van der Waals surface area contributed by atoms with Gasteiger partial charge in [-0.1, -0.05) is 23.9 Å². The van der Waals surface area contributed by atoms with Crippen LogP contribution in [-0.4, -0.2) is 70.9 Å². The summed E-state index contributed by atoms with van der Waals surface area (Å²) in [5.41, 5.74) is 3.95. The zero-order valence-corrected chi connectivity index (χ0v) is 20.5. The topological polar surface area (TPSA) is 69.6 Å². The first-order valence-corrected chi connectivity index (χ1v) is 12.2. The Morgan fingerprint density at radius 1 is 0.969 bits per heavy atom. The number of hydrogen-bond donors (Lipinski definition) is 0. The molecule has 1 aromatic carbocycles. The van der Waals surface area contributed by atoms with E-state index in [0.717, 1.165) is 46.6 Å². The quantitative estimate of drug-likeness (QED) is 0.470. The number of benzene rings is 1. The van der Waals surface area contributed by atoms with Gasteiger partial charge in [0.1, 0.15) is 5.82 Å². The van der Waals surface area contributed by atoms with Gasteiger partial charge in [0.2, 0.25) is 5.91 Å². The van der Waals surface area contributed by atoms with Crippen molar-refractivity contribution in [1.29, 1.82) is 0 Å². The van der Waals surface area contributed by atoms with Gasteiger partial charge < -0.3 is 14.7 Å². The SMILES string of the molecule is CCN(CC)c1nc(SCc2ccc(C(=O)N3CCN(C(C)=O)CC3)cc2)nc(C)c1C. The van der Waals surface area contributed by atoms with Gasteiger partial charge in [0, 0.05) is 68.8 Å². The Kier molecular flexibility index (Phi) is 8.12. The van der Waals surface area contributed by atoms with Crippen LogP contribution < -0.4 is 4.90 Å². The van der Waals surface area contributed by atoms with Gasteiger partial charge >= 0.3 is 0 Å². The second-order valence-electron chi connectivity index (χ2n) is 8.00. The van der Waals surface area contributed by atoms with Gasteiger partial charge in [0.15, 0.2) is 5.16 Å². The minimum atomic E-state index is 0.0220. The Bertz CT molecular complexity index is 952. The van der Waals surface area contributed by atoms with Crippen molar-refractivity contribution in [1.82, 2.24) is 19.8 Å². The maximum Gasteiger partial charge on any atom is 0.253 e. The molecular formula is C24H33N5O2S. The highest BCUT2D eigenvalue weighted by Gasteiger charge is 2.23. The molecule has 0 N–H and O–H groups in total. The van der Waals surface area contributed by atoms with E-state index >= 15 is 0 Å². The summed E-state index contributed by atoms with van der Waals surface area (Å²) < 4.78 is 0. The van der Waals surface area contributed by atoms with Crippen molar-refractivity contribution in [3.05, 3.63) is 46.6 Å². The van der Waals surface area contributed by atoms with Gasteiger partial charge in [0.05, 0.1) is 0 Å². The molecule has 0 unspecified atom stereocenters. The van der Waals surface area contributed by atoms with Crippen molar-refractivity contribution < 1.29 is 9.59 Å². The summed E-state index contributed by atoms with van der Waals surface area (Å²) in [5.74, 6) is 1.84. The highest BCUT2D eigenvalue weighted by atomic mass is 32.2. The summed E-state index contributed by atoms with van der Waals surface area (Å²) >= 11 is 1.61. The normalized spacial score (nSPS) is 13.9. The van der Waals surface area contributed by atoms with Gasteiger partial charge in [-0.15, -0.1) is 0 Å². The molecule has 0 radical (unpaired) electrons. The van der Waals surface area contributed by atoms with Gasteiger partial charge in [0.25, 0.3) is 5.91 Å². The minimum Gasteiger partial charge on any atom is -0.357 e. The molecule has 2 aromatic rings. The number of amides is 2. The van der Waals surface area contributed by atoms with E-state index < -0.39 is 0 Å². The summed E-state index contributed by atoms with van der Waals surface area (Å²) in [6, 6.07) is 7.77. The number of carbonyl (C=O) groups is 2. The van der Waals surface area contributed by atoms with Crippen LogP contribution in [0.25, 0.3) is 0 Å².